The van der Waals surface area contributed by atoms with Gasteiger partial charge in [0, 0.05) is 24.3 Å². The molecular weight excluding hydrogens is 242 g/mol. The van der Waals surface area contributed by atoms with Gasteiger partial charge in [-0.25, -0.2) is 4.79 Å². The van der Waals surface area contributed by atoms with Crippen LogP contribution in [-0.2, 0) is 0 Å². The van der Waals surface area contributed by atoms with Crippen LogP contribution in [0.15, 0.2) is 24.3 Å². The number of carbonyl (C=O) groups excluding carboxylic acids is 1. The lowest BCUT2D eigenvalue weighted by Crippen LogP contribution is -2.44. The van der Waals surface area contributed by atoms with Gasteiger partial charge in [0.2, 0.25) is 0 Å². The van der Waals surface area contributed by atoms with E-state index in [-0.39, 0.29) is 6.03 Å². The van der Waals surface area contributed by atoms with Crippen molar-refractivity contribution in [1.82, 2.24) is 10.6 Å². The molecule has 1 aliphatic rings. The molecule has 5 heteroatoms. The summed E-state index contributed by atoms with van der Waals surface area (Å²) < 4.78 is 5.11. The molecule has 1 aliphatic heterocycles. The third-order valence-corrected chi connectivity index (χ3v) is 3.25. The largest absolute Gasteiger partial charge is 0.497 e. The summed E-state index contributed by atoms with van der Waals surface area (Å²) in [5, 5.41) is 9.08. The molecular formula is C14H21N3O2. The Kier molecular flexibility index (Phi) is 5.03. The second kappa shape index (κ2) is 6.99. The van der Waals surface area contributed by atoms with Gasteiger partial charge in [-0.3, -0.25) is 0 Å². The highest BCUT2D eigenvalue weighted by atomic mass is 16.5. The quantitative estimate of drug-likeness (QED) is 0.778. The van der Waals surface area contributed by atoms with Gasteiger partial charge >= 0.3 is 6.03 Å². The summed E-state index contributed by atoms with van der Waals surface area (Å²) in [5.41, 5.74) is 0.730. The average Bonchev–Trinajstić information content (AvgIpc) is 2.46. The van der Waals surface area contributed by atoms with E-state index < -0.39 is 0 Å². The zero-order valence-corrected chi connectivity index (χ0v) is 11.2. The van der Waals surface area contributed by atoms with Gasteiger partial charge in [-0.05, 0) is 31.5 Å². The van der Waals surface area contributed by atoms with E-state index in [9.17, 15) is 4.79 Å². The first-order chi connectivity index (χ1) is 9.28. The van der Waals surface area contributed by atoms with Gasteiger partial charge in [0.1, 0.15) is 5.75 Å². The highest BCUT2D eigenvalue weighted by molar-refractivity contribution is 5.89. The number of anilines is 1. The Morgan fingerprint density at radius 2 is 2.37 bits per heavy atom. The monoisotopic (exact) mass is 263 g/mol. The molecule has 1 unspecified atom stereocenters. The normalized spacial score (nSPS) is 18.7. The second-order valence-corrected chi connectivity index (χ2v) is 4.71. The minimum Gasteiger partial charge on any atom is -0.497 e. The van der Waals surface area contributed by atoms with E-state index in [1.54, 1.807) is 13.2 Å². The Hall–Kier alpha value is -1.75. The fraction of sp³-hybridized carbons (Fsp3) is 0.500. The molecule has 0 bridgehead atoms. The number of methoxy groups -OCH3 is 1. The fourth-order valence-corrected chi connectivity index (χ4v) is 2.19. The number of piperidine rings is 1. The van der Waals surface area contributed by atoms with Gasteiger partial charge in [0.25, 0.3) is 0 Å². The van der Waals surface area contributed by atoms with Gasteiger partial charge in [0.05, 0.1) is 7.11 Å². The Bertz CT molecular complexity index is 417. The van der Waals surface area contributed by atoms with Crippen molar-refractivity contribution in [1.29, 1.82) is 0 Å². The predicted octanol–water partition coefficient (Wildman–Crippen LogP) is 1.96. The molecule has 1 fully saturated rings. The van der Waals surface area contributed by atoms with Crippen LogP contribution in [0.3, 0.4) is 0 Å². The van der Waals surface area contributed by atoms with Gasteiger partial charge in [-0.15, -0.1) is 0 Å². The topological polar surface area (TPSA) is 62.4 Å². The van der Waals surface area contributed by atoms with Crippen LogP contribution in [0.1, 0.15) is 19.3 Å². The molecule has 0 radical (unpaired) electrons. The minimum absolute atomic E-state index is 0.180. The molecule has 1 heterocycles. The molecule has 1 aromatic carbocycles. The number of hydrogen-bond donors (Lipinski definition) is 3. The molecule has 1 aromatic rings. The van der Waals surface area contributed by atoms with E-state index in [4.69, 9.17) is 4.74 Å². The lowest BCUT2D eigenvalue weighted by Gasteiger charge is -2.23. The number of hydrogen-bond acceptors (Lipinski definition) is 3. The third-order valence-electron chi connectivity index (χ3n) is 3.25. The summed E-state index contributed by atoms with van der Waals surface area (Å²) in [7, 11) is 1.61. The van der Waals surface area contributed by atoms with Crippen molar-refractivity contribution in [3.63, 3.8) is 0 Å². The zero-order chi connectivity index (χ0) is 13.5. The number of rotatable bonds is 4. The second-order valence-electron chi connectivity index (χ2n) is 4.71. The third kappa shape index (κ3) is 4.44. The standard InChI is InChI=1S/C14H21N3O2/c1-19-13-7-4-6-11(9-13)17-14(18)16-10-12-5-2-3-8-15-12/h4,6-7,9,12,15H,2-3,5,8,10H2,1H3,(H2,16,17,18). The summed E-state index contributed by atoms with van der Waals surface area (Å²) in [6.07, 6.45) is 3.59. The molecule has 1 atom stereocenters. The van der Waals surface area contributed by atoms with E-state index in [1.165, 1.54) is 12.8 Å². The summed E-state index contributed by atoms with van der Waals surface area (Å²) in [5.74, 6) is 0.728. The van der Waals surface area contributed by atoms with Crippen molar-refractivity contribution in [3.8, 4) is 5.75 Å². The van der Waals surface area contributed by atoms with Crippen molar-refractivity contribution in [2.45, 2.75) is 25.3 Å². The molecule has 19 heavy (non-hydrogen) atoms. The smallest absolute Gasteiger partial charge is 0.319 e. The van der Waals surface area contributed by atoms with Gasteiger partial charge in [-0.2, -0.15) is 0 Å². The molecule has 0 aliphatic carbocycles. The zero-order valence-electron chi connectivity index (χ0n) is 11.2. The Morgan fingerprint density at radius 1 is 1.47 bits per heavy atom. The maximum absolute atomic E-state index is 11.8. The van der Waals surface area contributed by atoms with Crippen LogP contribution in [0.4, 0.5) is 10.5 Å². The first-order valence-electron chi connectivity index (χ1n) is 6.70. The molecule has 2 rings (SSSR count). The number of nitrogens with one attached hydrogen (secondary N) is 3. The van der Waals surface area contributed by atoms with Crippen molar-refractivity contribution in [2.24, 2.45) is 0 Å². The van der Waals surface area contributed by atoms with Crippen LogP contribution in [-0.4, -0.2) is 32.3 Å². The van der Waals surface area contributed by atoms with E-state index in [2.05, 4.69) is 16.0 Å². The number of amides is 2. The molecule has 5 nitrogen and oxygen atoms in total. The Morgan fingerprint density at radius 3 is 3.11 bits per heavy atom. The van der Waals surface area contributed by atoms with Gasteiger partial charge in [0.15, 0.2) is 0 Å². The van der Waals surface area contributed by atoms with Crippen molar-refractivity contribution in [3.05, 3.63) is 24.3 Å². The Balaban J connectivity index is 1.76. The number of carbonyl (C=O) groups is 1. The number of ether oxygens (including phenoxy) is 1. The molecule has 0 spiro atoms. The van der Waals surface area contributed by atoms with Crippen LogP contribution in [0.5, 0.6) is 5.75 Å². The van der Waals surface area contributed by atoms with Crippen LogP contribution in [0.2, 0.25) is 0 Å². The van der Waals surface area contributed by atoms with Crippen LogP contribution < -0.4 is 20.7 Å². The SMILES string of the molecule is COc1cccc(NC(=O)NCC2CCCCN2)c1. The maximum Gasteiger partial charge on any atom is 0.319 e. The van der Waals surface area contributed by atoms with E-state index in [0.717, 1.165) is 24.4 Å². The van der Waals surface area contributed by atoms with Crippen LogP contribution in [0.25, 0.3) is 0 Å². The predicted molar refractivity (Wildman–Crippen MR) is 75.7 cm³/mol. The number of benzene rings is 1. The summed E-state index contributed by atoms with van der Waals surface area (Å²) in [6, 6.07) is 7.52. The first-order valence-corrected chi connectivity index (χ1v) is 6.70. The maximum atomic E-state index is 11.8. The lowest BCUT2D eigenvalue weighted by atomic mass is 10.1. The molecule has 2 amide bonds. The highest BCUT2D eigenvalue weighted by Gasteiger charge is 2.13. The van der Waals surface area contributed by atoms with Crippen molar-refractivity contribution >= 4 is 11.7 Å². The van der Waals surface area contributed by atoms with E-state index >= 15 is 0 Å². The fourth-order valence-electron chi connectivity index (χ4n) is 2.19. The van der Waals surface area contributed by atoms with E-state index in [0.29, 0.717) is 12.6 Å². The first kappa shape index (κ1) is 13.7. The van der Waals surface area contributed by atoms with E-state index in [1.807, 2.05) is 18.2 Å². The molecule has 0 saturated carbocycles. The molecule has 104 valence electrons. The van der Waals surface area contributed by atoms with Crippen LogP contribution in [0, 0.1) is 0 Å². The summed E-state index contributed by atoms with van der Waals surface area (Å²) in [4.78, 5) is 11.8. The van der Waals surface area contributed by atoms with Crippen molar-refractivity contribution < 1.29 is 9.53 Å². The highest BCUT2D eigenvalue weighted by Crippen LogP contribution is 2.16. The van der Waals surface area contributed by atoms with Crippen molar-refractivity contribution in [2.75, 3.05) is 25.5 Å². The summed E-state index contributed by atoms with van der Waals surface area (Å²) in [6.45, 7) is 1.71. The average molecular weight is 263 g/mol. The molecule has 0 aromatic heterocycles. The van der Waals surface area contributed by atoms with Crippen LogP contribution >= 0.6 is 0 Å². The molecule has 1 saturated heterocycles. The summed E-state index contributed by atoms with van der Waals surface area (Å²) >= 11 is 0. The number of urea groups is 1. The van der Waals surface area contributed by atoms with Gasteiger partial charge < -0.3 is 20.7 Å². The Labute approximate surface area is 113 Å². The lowest BCUT2D eigenvalue weighted by molar-refractivity contribution is 0.249. The molecule has 3 N–H and O–H groups in total. The minimum atomic E-state index is -0.180. The van der Waals surface area contributed by atoms with Gasteiger partial charge in [-0.1, -0.05) is 12.5 Å².